The van der Waals surface area contributed by atoms with E-state index in [1.807, 2.05) is 0 Å². The van der Waals surface area contributed by atoms with Crippen molar-refractivity contribution in [1.29, 1.82) is 0 Å². The largest absolute Gasteiger partial charge is 0.349 e. The molecule has 1 atom stereocenters. The standard InChI is InChI=1S/C11H23N3O/c1-13(2)11(15)8-10(9-12)14-6-4-3-5-7-14/h10H,3-9,12H2,1-2H3. The summed E-state index contributed by atoms with van der Waals surface area (Å²) in [5, 5.41) is 0. The average molecular weight is 213 g/mol. The number of hydrogen-bond donors (Lipinski definition) is 1. The van der Waals surface area contributed by atoms with Crippen LogP contribution in [0.1, 0.15) is 25.7 Å². The quantitative estimate of drug-likeness (QED) is 0.729. The van der Waals surface area contributed by atoms with Crippen LogP contribution in [0.3, 0.4) is 0 Å². The Hall–Kier alpha value is -0.610. The van der Waals surface area contributed by atoms with E-state index in [0.29, 0.717) is 13.0 Å². The molecule has 1 rings (SSSR count). The fourth-order valence-corrected chi connectivity index (χ4v) is 2.03. The lowest BCUT2D eigenvalue weighted by atomic mass is 10.1. The first-order valence-electron chi connectivity index (χ1n) is 5.79. The Balaban J connectivity index is 2.43. The maximum atomic E-state index is 11.6. The molecule has 15 heavy (non-hydrogen) atoms. The highest BCUT2D eigenvalue weighted by Crippen LogP contribution is 2.14. The van der Waals surface area contributed by atoms with E-state index in [0.717, 1.165) is 13.1 Å². The second kappa shape index (κ2) is 6.08. The van der Waals surface area contributed by atoms with Gasteiger partial charge in [-0.15, -0.1) is 0 Å². The van der Waals surface area contributed by atoms with Crippen LogP contribution in [0.4, 0.5) is 0 Å². The van der Waals surface area contributed by atoms with Gasteiger partial charge in [-0.05, 0) is 25.9 Å². The lowest BCUT2D eigenvalue weighted by molar-refractivity contribution is -0.130. The first-order chi connectivity index (χ1) is 7.15. The zero-order chi connectivity index (χ0) is 11.3. The smallest absolute Gasteiger partial charge is 0.223 e. The van der Waals surface area contributed by atoms with Gasteiger partial charge in [0.15, 0.2) is 0 Å². The number of rotatable bonds is 4. The molecule has 1 amide bonds. The molecule has 4 nitrogen and oxygen atoms in total. The van der Waals surface area contributed by atoms with Crippen LogP contribution in [-0.4, -0.2) is 55.5 Å². The van der Waals surface area contributed by atoms with Crippen LogP contribution in [0, 0.1) is 0 Å². The minimum Gasteiger partial charge on any atom is -0.349 e. The number of piperidine rings is 1. The Morgan fingerprint density at radius 1 is 1.33 bits per heavy atom. The van der Waals surface area contributed by atoms with Crippen molar-refractivity contribution < 1.29 is 4.79 Å². The molecule has 1 aliphatic heterocycles. The predicted octanol–water partition coefficient (Wildman–Crippen LogP) is 0.278. The van der Waals surface area contributed by atoms with Crippen molar-refractivity contribution >= 4 is 5.91 Å². The van der Waals surface area contributed by atoms with Gasteiger partial charge in [0.2, 0.25) is 5.91 Å². The highest BCUT2D eigenvalue weighted by Gasteiger charge is 2.22. The Bertz CT molecular complexity index is 200. The zero-order valence-electron chi connectivity index (χ0n) is 9.91. The molecule has 0 aromatic rings. The summed E-state index contributed by atoms with van der Waals surface area (Å²) in [5.41, 5.74) is 5.74. The Morgan fingerprint density at radius 3 is 2.40 bits per heavy atom. The number of nitrogens with zero attached hydrogens (tertiary/aromatic N) is 2. The summed E-state index contributed by atoms with van der Waals surface area (Å²) in [6.07, 6.45) is 4.36. The topological polar surface area (TPSA) is 49.6 Å². The van der Waals surface area contributed by atoms with Crippen molar-refractivity contribution in [2.75, 3.05) is 33.7 Å². The Morgan fingerprint density at radius 2 is 1.93 bits per heavy atom. The van der Waals surface area contributed by atoms with Crippen molar-refractivity contribution in [2.45, 2.75) is 31.7 Å². The molecule has 88 valence electrons. The van der Waals surface area contributed by atoms with E-state index in [2.05, 4.69) is 4.90 Å². The molecule has 0 aromatic heterocycles. The Labute approximate surface area is 92.4 Å². The summed E-state index contributed by atoms with van der Waals surface area (Å²) in [6, 6.07) is 0.236. The summed E-state index contributed by atoms with van der Waals surface area (Å²) in [6.45, 7) is 2.78. The van der Waals surface area contributed by atoms with Crippen molar-refractivity contribution in [3.63, 3.8) is 0 Å². The molecule has 0 radical (unpaired) electrons. The van der Waals surface area contributed by atoms with Crippen LogP contribution >= 0.6 is 0 Å². The number of amides is 1. The molecule has 0 aromatic carbocycles. The van der Waals surface area contributed by atoms with E-state index in [4.69, 9.17) is 5.73 Å². The average Bonchev–Trinajstić information content (AvgIpc) is 2.26. The van der Waals surface area contributed by atoms with Gasteiger partial charge in [-0.2, -0.15) is 0 Å². The van der Waals surface area contributed by atoms with Gasteiger partial charge >= 0.3 is 0 Å². The van der Waals surface area contributed by atoms with E-state index in [1.165, 1.54) is 19.3 Å². The first kappa shape index (κ1) is 12.5. The van der Waals surface area contributed by atoms with Gasteiger partial charge in [-0.1, -0.05) is 6.42 Å². The van der Waals surface area contributed by atoms with Gasteiger partial charge in [-0.3, -0.25) is 9.69 Å². The van der Waals surface area contributed by atoms with Gasteiger partial charge in [0.25, 0.3) is 0 Å². The number of carbonyl (C=O) groups is 1. The second-order valence-corrected chi connectivity index (χ2v) is 4.48. The summed E-state index contributed by atoms with van der Waals surface area (Å²) in [5.74, 6) is 0.177. The van der Waals surface area contributed by atoms with Gasteiger partial charge in [0.05, 0.1) is 0 Å². The minimum absolute atomic E-state index is 0.177. The number of nitrogens with two attached hydrogens (primary N) is 1. The maximum absolute atomic E-state index is 11.6. The van der Waals surface area contributed by atoms with Crippen LogP contribution in [0.2, 0.25) is 0 Å². The van der Waals surface area contributed by atoms with Crippen LogP contribution in [0.15, 0.2) is 0 Å². The van der Waals surface area contributed by atoms with E-state index >= 15 is 0 Å². The van der Waals surface area contributed by atoms with Crippen molar-refractivity contribution in [3.05, 3.63) is 0 Å². The third-order valence-corrected chi connectivity index (χ3v) is 3.09. The normalized spacial score (nSPS) is 19.9. The lowest BCUT2D eigenvalue weighted by Crippen LogP contribution is -2.46. The molecule has 0 aliphatic carbocycles. The van der Waals surface area contributed by atoms with Crippen molar-refractivity contribution in [3.8, 4) is 0 Å². The number of likely N-dealkylation sites (tertiary alicyclic amines) is 1. The summed E-state index contributed by atoms with van der Waals surface area (Å²) < 4.78 is 0. The molecule has 1 saturated heterocycles. The number of hydrogen-bond acceptors (Lipinski definition) is 3. The highest BCUT2D eigenvalue weighted by atomic mass is 16.2. The molecule has 1 unspecified atom stereocenters. The van der Waals surface area contributed by atoms with Gasteiger partial charge < -0.3 is 10.6 Å². The molecule has 4 heteroatoms. The third kappa shape index (κ3) is 3.80. The molecule has 1 heterocycles. The van der Waals surface area contributed by atoms with Gasteiger partial charge in [0.1, 0.15) is 0 Å². The van der Waals surface area contributed by atoms with Crippen LogP contribution in [0.5, 0.6) is 0 Å². The van der Waals surface area contributed by atoms with E-state index in [1.54, 1.807) is 19.0 Å². The highest BCUT2D eigenvalue weighted by molar-refractivity contribution is 5.76. The number of carbonyl (C=O) groups excluding carboxylic acids is 1. The molecule has 0 bridgehead atoms. The van der Waals surface area contributed by atoms with E-state index in [-0.39, 0.29) is 11.9 Å². The van der Waals surface area contributed by atoms with Gasteiger partial charge in [-0.25, -0.2) is 0 Å². The zero-order valence-corrected chi connectivity index (χ0v) is 9.91. The minimum atomic E-state index is 0.177. The molecule has 0 spiro atoms. The Kier molecular flexibility index (Phi) is 5.05. The lowest BCUT2D eigenvalue weighted by Gasteiger charge is -2.34. The fraction of sp³-hybridized carbons (Fsp3) is 0.909. The van der Waals surface area contributed by atoms with Crippen molar-refractivity contribution in [1.82, 2.24) is 9.80 Å². The first-order valence-corrected chi connectivity index (χ1v) is 5.79. The summed E-state index contributed by atoms with van der Waals surface area (Å²) in [7, 11) is 3.60. The summed E-state index contributed by atoms with van der Waals surface area (Å²) >= 11 is 0. The third-order valence-electron chi connectivity index (χ3n) is 3.09. The van der Waals surface area contributed by atoms with Crippen LogP contribution < -0.4 is 5.73 Å². The molecule has 0 saturated carbocycles. The second-order valence-electron chi connectivity index (χ2n) is 4.48. The van der Waals surface area contributed by atoms with Crippen LogP contribution in [0.25, 0.3) is 0 Å². The van der Waals surface area contributed by atoms with E-state index < -0.39 is 0 Å². The van der Waals surface area contributed by atoms with Crippen molar-refractivity contribution in [2.24, 2.45) is 5.73 Å². The molecule has 2 N–H and O–H groups in total. The summed E-state index contributed by atoms with van der Waals surface area (Å²) in [4.78, 5) is 15.6. The van der Waals surface area contributed by atoms with Crippen LogP contribution in [-0.2, 0) is 4.79 Å². The molecule has 1 aliphatic rings. The van der Waals surface area contributed by atoms with Gasteiger partial charge in [0, 0.05) is 33.1 Å². The monoisotopic (exact) mass is 213 g/mol. The molecular weight excluding hydrogens is 190 g/mol. The predicted molar refractivity (Wildman–Crippen MR) is 61.6 cm³/mol. The SMILES string of the molecule is CN(C)C(=O)CC(CN)N1CCCCC1. The molecular formula is C11H23N3O. The maximum Gasteiger partial charge on any atom is 0.223 e. The molecule has 1 fully saturated rings. The van der Waals surface area contributed by atoms with E-state index in [9.17, 15) is 4.79 Å². The fourth-order valence-electron chi connectivity index (χ4n) is 2.03.